The molecule has 1 heterocycles. The molecular formula is C18H10ClF3O5. The van der Waals surface area contributed by atoms with Gasteiger partial charge in [-0.2, -0.15) is 13.2 Å². The third kappa shape index (κ3) is 4.06. The zero-order valence-corrected chi connectivity index (χ0v) is 14.4. The Balaban J connectivity index is 2.19. The van der Waals surface area contributed by atoms with Crippen LogP contribution in [0.3, 0.4) is 0 Å². The number of carbonyl (C=O) groups is 1. The number of hydrogen-bond acceptors (Lipinski definition) is 5. The Morgan fingerprint density at radius 1 is 1.07 bits per heavy atom. The first-order chi connectivity index (χ1) is 12.6. The predicted octanol–water partition coefficient (Wildman–Crippen LogP) is 5.18. The van der Waals surface area contributed by atoms with Crippen molar-refractivity contribution in [2.75, 3.05) is 0 Å². The van der Waals surface area contributed by atoms with Crippen LogP contribution in [-0.4, -0.2) is 5.97 Å². The van der Waals surface area contributed by atoms with Crippen molar-refractivity contribution in [3.63, 3.8) is 0 Å². The van der Waals surface area contributed by atoms with Crippen LogP contribution in [-0.2, 0) is 11.0 Å². The van der Waals surface area contributed by atoms with Crippen LogP contribution in [0.1, 0.15) is 12.7 Å². The number of esters is 1. The average Bonchev–Trinajstić information content (AvgIpc) is 2.57. The van der Waals surface area contributed by atoms with E-state index in [1.807, 2.05) is 0 Å². The molecule has 0 N–H and O–H groups in total. The number of halogens is 4. The second-order valence-corrected chi connectivity index (χ2v) is 5.83. The Hall–Kier alpha value is -3.00. The normalized spacial score (nSPS) is 11.4. The third-order valence-electron chi connectivity index (χ3n) is 3.37. The van der Waals surface area contributed by atoms with Gasteiger partial charge in [-0.15, -0.1) is 0 Å². The molecule has 9 heteroatoms. The quantitative estimate of drug-likeness (QED) is 0.449. The summed E-state index contributed by atoms with van der Waals surface area (Å²) in [6.07, 6.45) is -4.99. The Morgan fingerprint density at radius 2 is 1.70 bits per heavy atom. The van der Waals surface area contributed by atoms with Crippen LogP contribution in [0.15, 0.2) is 51.7 Å². The van der Waals surface area contributed by atoms with Crippen molar-refractivity contribution < 1.29 is 31.9 Å². The first-order valence-electron chi connectivity index (χ1n) is 7.45. The molecular weight excluding hydrogens is 389 g/mol. The van der Waals surface area contributed by atoms with Gasteiger partial charge in [-0.1, -0.05) is 11.6 Å². The van der Waals surface area contributed by atoms with Crippen molar-refractivity contribution in [2.24, 2.45) is 0 Å². The zero-order valence-electron chi connectivity index (χ0n) is 13.6. The molecule has 3 rings (SSSR count). The van der Waals surface area contributed by atoms with Gasteiger partial charge in [0.25, 0.3) is 5.76 Å². The second-order valence-electron chi connectivity index (χ2n) is 5.39. The van der Waals surface area contributed by atoms with E-state index in [1.165, 1.54) is 36.4 Å². The fourth-order valence-corrected chi connectivity index (χ4v) is 2.41. The molecule has 0 aliphatic carbocycles. The summed E-state index contributed by atoms with van der Waals surface area (Å²) in [7, 11) is 0. The fraction of sp³-hybridized carbons (Fsp3) is 0.111. The summed E-state index contributed by atoms with van der Waals surface area (Å²) < 4.78 is 55.1. The van der Waals surface area contributed by atoms with Gasteiger partial charge in [0.1, 0.15) is 17.1 Å². The molecule has 0 spiro atoms. The second kappa shape index (κ2) is 6.96. The summed E-state index contributed by atoms with van der Waals surface area (Å²) >= 11 is 5.73. The summed E-state index contributed by atoms with van der Waals surface area (Å²) in [4.78, 5) is 23.6. The van der Waals surface area contributed by atoms with Gasteiger partial charge in [-0.3, -0.25) is 9.59 Å². The van der Waals surface area contributed by atoms with E-state index in [1.54, 1.807) is 0 Å². The lowest BCUT2D eigenvalue weighted by molar-refractivity contribution is -0.154. The number of benzene rings is 2. The molecule has 5 nitrogen and oxygen atoms in total. The van der Waals surface area contributed by atoms with Crippen LogP contribution >= 0.6 is 11.6 Å². The maximum atomic E-state index is 13.4. The predicted molar refractivity (Wildman–Crippen MR) is 90.3 cm³/mol. The van der Waals surface area contributed by atoms with Gasteiger partial charge in [0.05, 0.1) is 5.39 Å². The van der Waals surface area contributed by atoms with E-state index >= 15 is 0 Å². The smallest absolute Gasteiger partial charge is 0.449 e. The number of carbonyl (C=O) groups excluding carboxylic acids is 1. The van der Waals surface area contributed by atoms with E-state index in [-0.39, 0.29) is 16.9 Å². The van der Waals surface area contributed by atoms with Gasteiger partial charge < -0.3 is 13.9 Å². The SMILES string of the molecule is CC(=O)Oc1ccc2c(=O)c(Oc3ccc(Cl)cc3)c(C(F)(F)F)oc2c1. The molecule has 1 aromatic heterocycles. The lowest BCUT2D eigenvalue weighted by atomic mass is 10.2. The van der Waals surface area contributed by atoms with Gasteiger partial charge in [0, 0.05) is 18.0 Å². The van der Waals surface area contributed by atoms with Crippen molar-refractivity contribution in [1.82, 2.24) is 0 Å². The van der Waals surface area contributed by atoms with Crippen molar-refractivity contribution >= 4 is 28.5 Å². The molecule has 0 unspecified atom stereocenters. The molecule has 0 amide bonds. The van der Waals surface area contributed by atoms with Crippen LogP contribution < -0.4 is 14.9 Å². The molecule has 2 aromatic carbocycles. The fourth-order valence-electron chi connectivity index (χ4n) is 2.29. The highest BCUT2D eigenvalue weighted by Crippen LogP contribution is 2.38. The summed E-state index contributed by atoms with van der Waals surface area (Å²) in [5, 5.41) is 0.185. The summed E-state index contributed by atoms with van der Waals surface area (Å²) in [6, 6.07) is 8.91. The summed E-state index contributed by atoms with van der Waals surface area (Å²) in [5.74, 6) is -3.35. The van der Waals surface area contributed by atoms with Gasteiger partial charge >= 0.3 is 12.1 Å². The molecule has 0 fully saturated rings. The number of alkyl halides is 3. The summed E-state index contributed by atoms with van der Waals surface area (Å²) in [5.41, 5.74) is -1.41. The summed E-state index contributed by atoms with van der Waals surface area (Å²) in [6.45, 7) is 1.13. The standard InChI is InChI=1S/C18H10ClF3O5/c1-9(23)25-12-6-7-13-14(8-12)27-17(18(20,21)22)16(15(13)24)26-11-4-2-10(19)3-5-11/h2-8H,1H3. The van der Waals surface area contributed by atoms with Crippen molar-refractivity contribution in [3.8, 4) is 17.2 Å². The highest BCUT2D eigenvalue weighted by atomic mass is 35.5. The lowest BCUT2D eigenvalue weighted by Crippen LogP contribution is -2.15. The van der Waals surface area contributed by atoms with E-state index in [4.69, 9.17) is 25.5 Å². The minimum Gasteiger partial charge on any atom is -0.449 e. The first kappa shape index (κ1) is 18.8. The minimum atomic E-state index is -4.99. The molecule has 0 saturated heterocycles. The topological polar surface area (TPSA) is 65.7 Å². The lowest BCUT2D eigenvalue weighted by Gasteiger charge is -2.13. The highest BCUT2D eigenvalue weighted by molar-refractivity contribution is 6.30. The molecule has 0 aliphatic heterocycles. The largest absolute Gasteiger partial charge is 0.453 e. The zero-order chi connectivity index (χ0) is 19.8. The molecule has 0 saturated carbocycles. The minimum absolute atomic E-state index is 0.0203. The van der Waals surface area contributed by atoms with Crippen LogP contribution in [0.25, 0.3) is 11.0 Å². The molecule has 0 radical (unpaired) electrons. The third-order valence-corrected chi connectivity index (χ3v) is 3.63. The van der Waals surface area contributed by atoms with E-state index in [0.29, 0.717) is 5.02 Å². The van der Waals surface area contributed by atoms with Crippen LogP contribution in [0.2, 0.25) is 5.02 Å². The maximum absolute atomic E-state index is 13.4. The number of fused-ring (bicyclic) bond motifs is 1. The van der Waals surface area contributed by atoms with Crippen molar-refractivity contribution in [2.45, 2.75) is 13.1 Å². The first-order valence-corrected chi connectivity index (χ1v) is 7.83. The molecule has 140 valence electrons. The van der Waals surface area contributed by atoms with Crippen molar-refractivity contribution in [3.05, 3.63) is 63.5 Å². The Kier molecular flexibility index (Phi) is 4.84. The number of ether oxygens (including phenoxy) is 2. The van der Waals surface area contributed by atoms with Gasteiger partial charge in [0.2, 0.25) is 11.2 Å². The molecule has 3 aromatic rings. The van der Waals surface area contributed by atoms with E-state index in [9.17, 15) is 22.8 Å². The van der Waals surface area contributed by atoms with Crippen LogP contribution in [0.4, 0.5) is 13.2 Å². The molecule has 27 heavy (non-hydrogen) atoms. The van der Waals surface area contributed by atoms with Crippen LogP contribution in [0.5, 0.6) is 17.2 Å². The molecule has 0 aliphatic rings. The maximum Gasteiger partial charge on any atom is 0.453 e. The average molecular weight is 399 g/mol. The number of hydrogen-bond donors (Lipinski definition) is 0. The van der Waals surface area contributed by atoms with Gasteiger partial charge in [-0.25, -0.2) is 0 Å². The molecule has 0 bridgehead atoms. The Labute approximate surface area is 154 Å². The number of rotatable bonds is 3. The Morgan fingerprint density at radius 3 is 2.30 bits per heavy atom. The Bertz CT molecular complexity index is 1070. The van der Waals surface area contributed by atoms with Gasteiger partial charge in [0.15, 0.2) is 0 Å². The van der Waals surface area contributed by atoms with E-state index < -0.39 is 34.7 Å². The van der Waals surface area contributed by atoms with Crippen LogP contribution in [0, 0.1) is 0 Å². The van der Waals surface area contributed by atoms with Gasteiger partial charge in [-0.05, 0) is 36.4 Å². The molecule has 0 atom stereocenters. The van der Waals surface area contributed by atoms with E-state index in [0.717, 1.165) is 13.0 Å². The highest BCUT2D eigenvalue weighted by Gasteiger charge is 2.40. The monoisotopic (exact) mass is 398 g/mol. The van der Waals surface area contributed by atoms with Crippen molar-refractivity contribution in [1.29, 1.82) is 0 Å². The van der Waals surface area contributed by atoms with E-state index in [2.05, 4.69) is 0 Å².